The third-order valence-corrected chi connectivity index (χ3v) is 5.02. The summed E-state index contributed by atoms with van der Waals surface area (Å²) in [5.41, 5.74) is 0.363. The lowest BCUT2D eigenvalue weighted by Crippen LogP contribution is -2.32. The first kappa shape index (κ1) is 23.2. The van der Waals surface area contributed by atoms with Gasteiger partial charge < -0.3 is 4.55 Å². The van der Waals surface area contributed by atoms with E-state index in [4.69, 9.17) is 13.0 Å². The summed E-state index contributed by atoms with van der Waals surface area (Å²) in [5, 5.41) is 0. The molecule has 0 amide bonds. The minimum Gasteiger partial charge on any atom is -0.741 e. The molecule has 0 unspecified atom stereocenters. The number of para-hydroxylation sites is 1. The maximum Gasteiger partial charge on any atom is 0.485 e. The Morgan fingerprint density at radius 1 is 0.656 bits per heavy atom. The van der Waals surface area contributed by atoms with Gasteiger partial charge in [0.1, 0.15) is 0 Å². The highest BCUT2D eigenvalue weighted by atomic mass is 32.2. The van der Waals surface area contributed by atoms with Crippen molar-refractivity contribution in [3.8, 4) is 28.1 Å². The average Bonchev–Trinajstić information content (AvgIpc) is 2.79. The number of halogens is 3. The van der Waals surface area contributed by atoms with E-state index in [1.54, 1.807) is 0 Å². The number of benzene rings is 3. The second kappa shape index (κ2) is 9.76. The van der Waals surface area contributed by atoms with Crippen LogP contribution in [-0.4, -0.2) is 18.5 Å². The Hall–Kier alpha value is -3.49. The maximum atomic E-state index is 10.7. The molecular weight excluding hydrogens is 439 g/mol. The minimum absolute atomic E-state index is 1.16. The number of rotatable bonds is 3. The Balaban J connectivity index is 0.000000312. The van der Waals surface area contributed by atoms with E-state index in [0.717, 1.165) is 5.69 Å². The first-order valence-electron chi connectivity index (χ1n) is 9.41. The highest BCUT2D eigenvalue weighted by Gasteiger charge is 2.36. The number of hydrogen-bond donors (Lipinski definition) is 0. The molecule has 0 fully saturated rings. The summed E-state index contributed by atoms with van der Waals surface area (Å²) in [6.45, 7) is 0. The van der Waals surface area contributed by atoms with Crippen LogP contribution in [0.2, 0.25) is 0 Å². The summed E-state index contributed by atoms with van der Waals surface area (Å²) < 4.78 is 61.1. The Morgan fingerprint density at radius 3 is 1.56 bits per heavy atom. The van der Waals surface area contributed by atoms with Crippen LogP contribution in [0.25, 0.3) is 28.1 Å². The van der Waals surface area contributed by atoms with Gasteiger partial charge in [-0.15, -0.1) is 0 Å². The van der Waals surface area contributed by atoms with Gasteiger partial charge in [-0.3, -0.25) is 0 Å². The second-order valence-corrected chi connectivity index (χ2v) is 8.01. The lowest BCUT2D eigenvalue weighted by atomic mass is 10.0. The number of hydrogen-bond acceptors (Lipinski definition) is 3. The van der Waals surface area contributed by atoms with E-state index in [2.05, 4.69) is 108 Å². The van der Waals surface area contributed by atoms with Crippen LogP contribution in [0, 0.1) is 0 Å². The van der Waals surface area contributed by atoms with Crippen LogP contribution in [0.5, 0.6) is 0 Å². The van der Waals surface area contributed by atoms with E-state index in [-0.39, 0.29) is 0 Å². The fourth-order valence-corrected chi connectivity index (χ4v) is 2.96. The Kier molecular flexibility index (Phi) is 7.07. The van der Waals surface area contributed by atoms with Crippen LogP contribution in [0.1, 0.15) is 0 Å². The number of pyridine rings is 1. The molecule has 0 atom stereocenters. The van der Waals surface area contributed by atoms with Gasteiger partial charge in [-0.05, 0) is 23.3 Å². The predicted molar refractivity (Wildman–Crippen MR) is 115 cm³/mol. The molecule has 0 aliphatic rings. The molecule has 0 bridgehead atoms. The van der Waals surface area contributed by atoms with Gasteiger partial charge in [0.15, 0.2) is 16.3 Å². The van der Waals surface area contributed by atoms with Gasteiger partial charge >= 0.3 is 5.51 Å². The fourth-order valence-electron chi connectivity index (χ4n) is 2.96. The number of aromatic nitrogens is 1. The molecule has 0 spiro atoms. The van der Waals surface area contributed by atoms with Gasteiger partial charge in [0.25, 0.3) is 0 Å². The Labute approximate surface area is 184 Å². The van der Waals surface area contributed by atoms with Crippen LogP contribution in [-0.2, 0) is 10.1 Å². The monoisotopic (exact) mass is 457 g/mol. The van der Waals surface area contributed by atoms with Crippen molar-refractivity contribution in [2.45, 2.75) is 5.51 Å². The smallest absolute Gasteiger partial charge is 0.485 e. The molecule has 164 valence electrons. The highest BCUT2D eigenvalue weighted by molar-refractivity contribution is 7.86. The zero-order valence-electron chi connectivity index (χ0n) is 16.6. The van der Waals surface area contributed by atoms with Crippen molar-refractivity contribution in [1.82, 2.24) is 0 Å². The number of nitrogens with zero attached hydrogens (tertiary/aromatic N) is 1. The first-order chi connectivity index (χ1) is 15.2. The molecule has 0 saturated heterocycles. The molecule has 1 heterocycles. The number of alkyl halides is 3. The van der Waals surface area contributed by atoms with Gasteiger partial charge in [-0.25, -0.2) is 8.42 Å². The van der Waals surface area contributed by atoms with E-state index >= 15 is 0 Å². The van der Waals surface area contributed by atoms with Crippen LogP contribution in [0.3, 0.4) is 0 Å². The third kappa shape index (κ3) is 5.81. The summed E-state index contributed by atoms with van der Waals surface area (Å²) in [4.78, 5) is 0. The van der Waals surface area contributed by atoms with Crippen molar-refractivity contribution in [3.05, 3.63) is 109 Å². The highest BCUT2D eigenvalue weighted by Crippen LogP contribution is 2.24. The van der Waals surface area contributed by atoms with Crippen molar-refractivity contribution < 1.29 is 30.7 Å². The largest absolute Gasteiger partial charge is 0.741 e. The van der Waals surface area contributed by atoms with Crippen LogP contribution < -0.4 is 4.57 Å². The quantitative estimate of drug-likeness (QED) is 0.237. The summed E-state index contributed by atoms with van der Waals surface area (Å²) in [7, 11) is -6.09. The molecule has 3 aromatic carbocycles. The van der Waals surface area contributed by atoms with Crippen molar-refractivity contribution in [1.29, 1.82) is 0 Å². The molecule has 4 rings (SSSR count). The molecular formula is C24H18F3NO3S. The lowest BCUT2D eigenvalue weighted by Gasteiger charge is -2.08. The van der Waals surface area contributed by atoms with E-state index < -0.39 is 15.6 Å². The average molecular weight is 457 g/mol. The van der Waals surface area contributed by atoms with Gasteiger partial charge in [-0.2, -0.15) is 17.7 Å². The zero-order valence-corrected chi connectivity index (χ0v) is 17.4. The molecule has 4 nitrogen and oxygen atoms in total. The second-order valence-electron chi connectivity index (χ2n) is 6.64. The SMILES string of the molecule is O=S(=O)([O-])C(F)(F)F.c1ccc(-c2cc[n+](-c3ccccc3)c(-c3ccccc3)c2)cc1. The standard InChI is InChI=1S/C23H18N.CHF3O3S/c1-4-10-19(11-5-1)21-16-17-24(22-14-8-3-9-15-22)23(18-21)20-12-6-2-7-13-20;2-1(3,4)8(5,6)7/h1-18H;(H,5,6,7)/q+1;/p-1. The Morgan fingerprint density at radius 2 is 1.09 bits per heavy atom. The fraction of sp³-hybridized carbons (Fsp3) is 0.0417. The van der Waals surface area contributed by atoms with E-state index in [1.165, 1.54) is 22.4 Å². The first-order valence-corrected chi connectivity index (χ1v) is 10.8. The molecule has 0 saturated carbocycles. The van der Waals surface area contributed by atoms with Gasteiger partial charge in [0.05, 0.1) is 0 Å². The predicted octanol–water partition coefficient (Wildman–Crippen LogP) is 5.35. The summed E-state index contributed by atoms with van der Waals surface area (Å²) in [5.74, 6) is 0. The van der Waals surface area contributed by atoms with Gasteiger partial charge in [-0.1, -0.05) is 66.7 Å². The van der Waals surface area contributed by atoms with Gasteiger partial charge in [0.2, 0.25) is 11.4 Å². The van der Waals surface area contributed by atoms with Crippen LogP contribution in [0.15, 0.2) is 109 Å². The lowest BCUT2D eigenvalue weighted by molar-refractivity contribution is -0.583. The summed E-state index contributed by atoms with van der Waals surface area (Å²) >= 11 is 0. The topological polar surface area (TPSA) is 61.1 Å². The maximum absolute atomic E-state index is 10.7. The third-order valence-electron chi connectivity index (χ3n) is 4.45. The Bertz CT molecular complexity index is 1260. The van der Waals surface area contributed by atoms with Crippen LogP contribution >= 0.6 is 0 Å². The van der Waals surface area contributed by atoms with Crippen molar-refractivity contribution in [2.24, 2.45) is 0 Å². The molecule has 0 radical (unpaired) electrons. The molecule has 1 aromatic heterocycles. The normalized spacial score (nSPS) is 11.4. The van der Waals surface area contributed by atoms with E-state index in [9.17, 15) is 13.2 Å². The van der Waals surface area contributed by atoms with Gasteiger partial charge in [0, 0.05) is 29.8 Å². The van der Waals surface area contributed by atoms with Crippen molar-refractivity contribution in [3.63, 3.8) is 0 Å². The molecule has 32 heavy (non-hydrogen) atoms. The van der Waals surface area contributed by atoms with E-state index in [0.29, 0.717) is 0 Å². The van der Waals surface area contributed by atoms with E-state index in [1.807, 2.05) is 6.07 Å². The minimum atomic E-state index is -6.09. The van der Waals surface area contributed by atoms with Crippen molar-refractivity contribution in [2.75, 3.05) is 0 Å². The molecule has 0 N–H and O–H groups in total. The molecule has 4 aromatic rings. The summed E-state index contributed by atoms with van der Waals surface area (Å²) in [6, 6.07) is 35.9. The zero-order chi connectivity index (χ0) is 23.2. The van der Waals surface area contributed by atoms with Crippen LogP contribution in [0.4, 0.5) is 13.2 Å². The molecule has 8 heteroatoms. The van der Waals surface area contributed by atoms with Crippen molar-refractivity contribution >= 4 is 10.1 Å². The molecule has 0 aliphatic heterocycles. The summed E-state index contributed by atoms with van der Waals surface area (Å²) in [6.07, 6.45) is 2.15. The molecule has 0 aliphatic carbocycles.